The maximum atomic E-state index is 13.0. The van der Waals surface area contributed by atoms with Gasteiger partial charge in [-0.25, -0.2) is 0 Å². The highest BCUT2D eigenvalue weighted by atomic mass is 35.5. The van der Waals surface area contributed by atoms with Gasteiger partial charge in [0.15, 0.2) is 0 Å². The number of tetrazole rings is 1. The van der Waals surface area contributed by atoms with E-state index in [2.05, 4.69) is 20.4 Å². The average Bonchev–Trinajstić information content (AvgIpc) is 3.50. The van der Waals surface area contributed by atoms with Crippen molar-refractivity contribution in [1.29, 1.82) is 0 Å². The van der Waals surface area contributed by atoms with Gasteiger partial charge in [0.25, 0.3) is 5.91 Å². The van der Waals surface area contributed by atoms with Gasteiger partial charge in [0, 0.05) is 36.1 Å². The van der Waals surface area contributed by atoms with Crippen LogP contribution in [0.3, 0.4) is 0 Å². The van der Waals surface area contributed by atoms with Gasteiger partial charge in [-0.1, -0.05) is 47.0 Å². The van der Waals surface area contributed by atoms with E-state index in [0.717, 1.165) is 21.0 Å². The highest BCUT2D eigenvalue weighted by molar-refractivity contribution is 7.17. The Bertz CT molecular complexity index is 1180. The van der Waals surface area contributed by atoms with Crippen molar-refractivity contribution in [1.82, 2.24) is 25.1 Å². The van der Waals surface area contributed by atoms with Crippen LogP contribution in [0.15, 0.2) is 66.7 Å². The first-order valence-corrected chi connectivity index (χ1v) is 11.1. The fourth-order valence-electron chi connectivity index (χ4n) is 3.60. The van der Waals surface area contributed by atoms with Gasteiger partial charge in [0.05, 0.1) is 10.6 Å². The Morgan fingerprint density at radius 2 is 1.65 bits per heavy atom. The molecule has 1 saturated heterocycles. The van der Waals surface area contributed by atoms with Crippen LogP contribution in [-0.4, -0.2) is 57.2 Å². The largest absolute Gasteiger partial charge is 0.336 e. The van der Waals surface area contributed by atoms with Gasteiger partial charge in [-0.2, -0.15) is 4.68 Å². The van der Waals surface area contributed by atoms with E-state index in [4.69, 9.17) is 11.6 Å². The molecule has 1 aliphatic rings. The molecule has 2 aromatic carbocycles. The molecule has 1 fully saturated rings. The molecule has 0 N–H and O–H groups in total. The molecule has 0 saturated carbocycles. The summed E-state index contributed by atoms with van der Waals surface area (Å²) in [5.41, 5.74) is 1.97. The van der Waals surface area contributed by atoms with Gasteiger partial charge in [0.2, 0.25) is 5.95 Å². The molecule has 0 radical (unpaired) electrons. The molecular weight excluding hydrogens is 432 g/mol. The van der Waals surface area contributed by atoms with Crippen LogP contribution in [-0.2, 0) is 0 Å². The lowest BCUT2D eigenvalue weighted by molar-refractivity contribution is 0.0751. The number of carbonyl (C=O) groups is 1. The van der Waals surface area contributed by atoms with Crippen LogP contribution in [0.5, 0.6) is 0 Å². The molecule has 156 valence electrons. The molecule has 1 amide bonds. The summed E-state index contributed by atoms with van der Waals surface area (Å²) in [4.78, 5) is 18.8. The van der Waals surface area contributed by atoms with Crippen molar-refractivity contribution < 1.29 is 4.79 Å². The number of amides is 1. The van der Waals surface area contributed by atoms with E-state index in [1.807, 2.05) is 71.6 Å². The number of rotatable bonds is 4. The molecule has 9 heteroatoms. The lowest BCUT2D eigenvalue weighted by atomic mass is 10.2. The molecule has 2 aromatic heterocycles. The molecule has 1 aliphatic heterocycles. The van der Waals surface area contributed by atoms with Crippen molar-refractivity contribution >= 4 is 34.8 Å². The van der Waals surface area contributed by atoms with Crippen molar-refractivity contribution in [3.05, 3.63) is 76.6 Å². The van der Waals surface area contributed by atoms with Gasteiger partial charge in [-0.05, 0) is 52.4 Å². The maximum Gasteiger partial charge on any atom is 0.264 e. The van der Waals surface area contributed by atoms with E-state index >= 15 is 0 Å². The summed E-state index contributed by atoms with van der Waals surface area (Å²) in [5, 5.41) is 12.9. The van der Waals surface area contributed by atoms with E-state index in [1.165, 1.54) is 11.3 Å². The Hall–Kier alpha value is -3.23. The third-order valence-corrected chi connectivity index (χ3v) is 6.62. The molecule has 0 unspecified atom stereocenters. The molecule has 0 bridgehead atoms. The average molecular weight is 451 g/mol. The van der Waals surface area contributed by atoms with Gasteiger partial charge < -0.3 is 9.80 Å². The third kappa shape index (κ3) is 4.04. The van der Waals surface area contributed by atoms with Gasteiger partial charge >= 0.3 is 0 Å². The van der Waals surface area contributed by atoms with Crippen LogP contribution in [0, 0.1) is 0 Å². The van der Waals surface area contributed by atoms with E-state index < -0.39 is 0 Å². The number of piperazine rings is 1. The quantitative estimate of drug-likeness (QED) is 0.470. The van der Waals surface area contributed by atoms with Crippen molar-refractivity contribution in [2.75, 3.05) is 31.1 Å². The molecular formula is C22H19ClN6OS. The molecule has 0 spiro atoms. The normalized spacial score (nSPS) is 14.1. The lowest BCUT2D eigenvalue weighted by Gasteiger charge is -2.34. The predicted molar refractivity (Wildman–Crippen MR) is 122 cm³/mol. The molecule has 7 nitrogen and oxygen atoms in total. The van der Waals surface area contributed by atoms with E-state index in [1.54, 1.807) is 4.68 Å². The molecule has 3 heterocycles. The number of thiophene rings is 1. The molecule has 0 atom stereocenters. The minimum absolute atomic E-state index is 0.0625. The fraction of sp³-hybridized carbons (Fsp3) is 0.182. The Morgan fingerprint density at radius 1 is 0.903 bits per heavy atom. The Labute approximate surface area is 188 Å². The van der Waals surface area contributed by atoms with Crippen molar-refractivity contribution in [2.24, 2.45) is 0 Å². The number of carbonyl (C=O) groups excluding carboxylic acids is 1. The van der Waals surface area contributed by atoms with Crippen LogP contribution >= 0.6 is 22.9 Å². The van der Waals surface area contributed by atoms with Crippen LogP contribution in [0.1, 0.15) is 9.67 Å². The Balaban J connectivity index is 1.26. The summed E-state index contributed by atoms with van der Waals surface area (Å²) < 4.78 is 1.73. The molecule has 31 heavy (non-hydrogen) atoms. The number of hydrogen-bond acceptors (Lipinski definition) is 6. The second-order valence-corrected chi connectivity index (χ2v) is 8.70. The topological polar surface area (TPSA) is 67.2 Å². The summed E-state index contributed by atoms with van der Waals surface area (Å²) in [6.45, 7) is 2.59. The number of aromatic nitrogens is 4. The van der Waals surface area contributed by atoms with Gasteiger partial charge in [0.1, 0.15) is 0 Å². The summed E-state index contributed by atoms with van der Waals surface area (Å²) in [6, 6.07) is 21.4. The highest BCUT2D eigenvalue weighted by Crippen LogP contribution is 2.30. The van der Waals surface area contributed by atoms with Crippen LogP contribution in [0.25, 0.3) is 16.1 Å². The van der Waals surface area contributed by atoms with Crippen LogP contribution in [0.4, 0.5) is 5.95 Å². The second-order valence-electron chi connectivity index (χ2n) is 7.18. The molecule has 4 aromatic rings. The molecule has 0 aliphatic carbocycles. The minimum Gasteiger partial charge on any atom is -0.336 e. The van der Waals surface area contributed by atoms with Crippen molar-refractivity contribution in [3.63, 3.8) is 0 Å². The van der Waals surface area contributed by atoms with Gasteiger partial charge in [-0.15, -0.1) is 11.3 Å². The second kappa shape index (κ2) is 8.49. The number of nitrogens with zero attached hydrogens (tertiary/aromatic N) is 6. The zero-order valence-corrected chi connectivity index (χ0v) is 18.1. The lowest BCUT2D eigenvalue weighted by Crippen LogP contribution is -2.49. The summed E-state index contributed by atoms with van der Waals surface area (Å²) in [6.07, 6.45) is 0. The maximum absolute atomic E-state index is 13.0. The fourth-order valence-corrected chi connectivity index (χ4v) is 4.71. The Morgan fingerprint density at radius 3 is 2.39 bits per heavy atom. The van der Waals surface area contributed by atoms with Crippen LogP contribution < -0.4 is 4.90 Å². The zero-order chi connectivity index (χ0) is 21.2. The predicted octanol–water partition coefficient (Wildman–Crippen LogP) is 4.01. The zero-order valence-electron chi connectivity index (χ0n) is 16.6. The van der Waals surface area contributed by atoms with Crippen molar-refractivity contribution in [3.8, 4) is 16.1 Å². The van der Waals surface area contributed by atoms with Gasteiger partial charge in [-0.3, -0.25) is 4.79 Å². The minimum atomic E-state index is 0.0625. The molecule has 5 rings (SSSR count). The van der Waals surface area contributed by atoms with E-state index in [-0.39, 0.29) is 5.91 Å². The smallest absolute Gasteiger partial charge is 0.264 e. The summed E-state index contributed by atoms with van der Waals surface area (Å²) >= 11 is 7.48. The number of para-hydroxylation sites is 1. The SMILES string of the molecule is O=C(c1ccc(-c2ccc(Cl)cc2)s1)N1CCN(c2nnnn2-c2ccccc2)CC1. The van der Waals surface area contributed by atoms with Crippen LogP contribution in [0.2, 0.25) is 5.02 Å². The first-order chi connectivity index (χ1) is 15.2. The number of anilines is 1. The number of benzene rings is 2. The number of hydrogen-bond donors (Lipinski definition) is 0. The summed E-state index contributed by atoms with van der Waals surface area (Å²) in [5.74, 6) is 0.756. The highest BCUT2D eigenvalue weighted by Gasteiger charge is 2.26. The first-order valence-electron chi connectivity index (χ1n) is 9.93. The Kier molecular flexibility index (Phi) is 5.40. The number of halogens is 1. The third-order valence-electron chi connectivity index (χ3n) is 5.25. The standard InChI is InChI=1S/C22H19ClN6OS/c23-17-8-6-16(7-9-17)19-10-11-20(31-19)21(30)27-12-14-28(15-13-27)22-24-25-26-29(22)18-4-2-1-3-5-18/h1-11H,12-15H2. The van der Waals surface area contributed by atoms with E-state index in [0.29, 0.717) is 37.1 Å². The summed E-state index contributed by atoms with van der Waals surface area (Å²) in [7, 11) is 0. The van der Waals surface area contributed by atoms with Crippen molar-refractivity contribution in [2.45, 2.75) is 0 Å². The monoisotopic (exact) mass is 450 g/mol. The van der Waals surface area contributed by atoms with E-state index in [9.17, 15) is 4.79 Å². The first kappa shape index (κ1) is 19.7.